The van der Waals surface area contributed by atoms with Crippen LogP contribution in [0.1, 0.15) is 6.92 Å². The van der Waals surface area contributed by atoms with Crippen LogP contribution in [-0.2, 0) is 0 Å². The zero-order chi connectivity index (χ0) is 10.0. The lowest BCUT2D eigenvalue weighted by atomic mass is 10.3. The van der Waals surface area contributed by atoms with Crippen molar-refractivity contribution >= 4 is 11.6 Å². The van der Waals surface area contributed by atoms with Crippen LogP contribution in [0, 0.1) is 0 Å². The zero-order valence-electron chi connectivity index (χ0n) is 8.28. The van der Waals surface area contributed by atoms with Gasteiger partial charge in [0, 0.05) is 19.8 Å². The first-order chi connectivity index (χ1) is 6.04. The molecule has 1 heterocycles. The third-order valence-corrected chi connectivity index (χ3v) is 1.71. The number of allylic oxidation sites excluding steroid dienone is 2. The molecule has 0 radical (unpaired) electrons. The Bertz CT molecular complexity index is 335. The number of rotatable bonds is 3. The topological polar surface area (TPSA) is 34.0 Å². The van der Waals surface area contributed by atoms with Gasteiger partial charge < -0.3 is 4.90 Å². The summed E-state index contributed by atoms with van der Waals surface area (Å²) in [6, 6.07) is 0. The quantitative estimate of drug-likeness (QED) is 0.656. The third-order valence-electron chi connectivity index (χ3n) is 1.71. The molecule has 0 saturated heterocycles. The molecule has 0 fully saturated rings. The lowest BCUT2D eigenvalue weighted by Crippen LogP contribution is -2.14. The van der Waals surface area contributed by atoms with Crippen molar-refractivity contribution < 1.29 is 0 Å². The van der Waals surface area contributed by atoms with Gasteiger partial charge in [0.25, 0.3) is 0 Å². The summed E-state index contributed by atoms with van der Waals surface area (Å²) in [5, 5.41) is 7.77. The first kappa shape index (κ1) is 9.51. The van der Waals surface area contributed by atoms with Crippen LogP contribution in [0.25, 0.3) is 5.70 Å². The van der Waals surface area contributed by atoms with Gasteiger partial charge in [0.1, 0.15) is 6.33 Å². The van der Waals surface area contributed by atoms with Crippen molar-refractivity contribution in [2.45, 2.75) is 6.92 Å². The number of anilines is 1. The molecule has 0 aliphatic carbocycles. The van der Waals surface area contributed by atoms with E-state index < -0.39 is 0 Å². The monoisotopic (exact) mass is 178 g/mol. The van der Waals surface area contributed by atoms with Crippen LogP contribution >= 0.6 is 0 Å². The maximum absolute atomic E-state index is 3.96. The second-order valence-corrected chi connectivity index (χ2v) is 3.12. The van der Waals surface area contributed by atoms with Crippen molar-refractivity contribution in [1.82, 2.24) is 14.8 Å². The second-order valence-electron chi connectivity index (χ2n) is 3.12. The Morgan fingerprint density at radius 3 is 2.54 bits per heavy atom. The van der Waals surface area contributed by atoms with E-state index in [9.17, 15) is 0 Å². The van der Waals surface area contributed by atoms with E-state index >= 15 is 0 Å². The smallest absolute Gasteiger partial charge is 0.231 e. The minimum absolute atomic E-state index is 0.757. The minimum atomic E-state index is 0.757. The third kappa shape index (κ3) is 1.77. The standard InChI is InChI=1S/C9H14N4/c1-7(2)8(3)13-6-10-11-9(13)12(4)5/h6H,1,3H2,2,4-5H3. The van der Waals surface area contributed by atoms with E-state index in [-0.39, 0.29) is 0 Å². The van der Waals surface area contributed by atoms with Crippen molar-refractivity contribution in [3.05, 3.63) is 25.1 Å². The lowest BCUT2D eigenvalue weighted by molar-refractivity contribution is 0.960. The molecule has 0 bridgehead atoms. The normalized spacial score (nSPS) is 9.77. The first-order valence-electron chi connectivity index (χ1n) is 3.96. The highest BCUT2D eigenvalue weighted by Crippen LogP contribution is 2.16. The summed E-state index contributed by atoms with van der Waals surface area (Å²) >= 11 is 0. The highest BCUT2D eigenvalue weighted by atomic mass is 15.4. The SMILES string of the molecule is C=C(C)C(=C)n1cnnc1N(C)C. The Balaban J connectivity index is 3.07. The average molecular weight is 178 g/mol. The van der Waals surface area contributed by atoms with E-state index in [1.807, 2.05) is 30.5 Å². The molecule has 1 rings (SSSR count). The molecule has 1 aromatic rings. The molecule has 0 spiro atoms. The Hall–Kier alpha value is -1.58. The van der Waals surface area contributed by atoms with Gasteiger partial charge in [0.05, 0.1) is 0 Å². The predicted octanol–water partition coefficient (Wildman–Crippen LogP) is 1.39. The number of aromatic nitrogens is 3. The number of nitrogens with zero attached hydrogens (tertiary/aromatic N) is 4. The fourth-order valence-electron chi connectivity index (χ4n) is 0.930. The van der Waals surface area contributed by atoms with E-state index in [2.05, 4.69) is 23.4 Å². The maximum Gasteiger partial charge on any atom is 0.231 e. The summed E-state index contributed by atoms with van der Waals surface area (Å²) in [4.78, 5) is 1.88. The van der Waals surface area contributed by atoms with Gasteiger partial charge in [-0.25, -0.2) is 0 Å². The molecule has 0 amide bonds. The van der Waals surface area contributed by atoms with Crippen molar-refractivity contribution in [1.29, 1.82) is 0 Å². The van der Waals surface area contributed by atoms with Gasteiger partial charge in [0.15, 0.2) is 0 Å². The van der Waals surface area contributed by atoms with Gasteiger partial charge in [-0.15, -0.1) is 10.2 Å². The van der Waals surface area contributed by atoms with Crippen LogP contribution in [0.4, 0.5) is 5.95 Å². The van der Waals surface area contributed by atoms with Crippen LogP contribution in [0.2, 0.25) is 0 Å². The molecule has 0 aromatic carbocycles. The summed E-state index contributed by atoms with van der Waals surface area (Å²) in [5.74, 6) is 0.757. The van der Waals surface area contributed by atoms with Crippen molar-refractivity contribution in [3.8, 4) is 0 Å². The fraction of sp³-hybridized carbons (Fsp3) is 0.333. The van der Waals surface area contributed by atoms with Gasteiger partial charge in [-0.3, -0.25) is 4.57 Å². The van der Waals surface area contributed by atoms with Gasteiger partial charge >= 0.3 is 0 Å². The van der Waals surface area contributed by atoms with Crippen molar-refractivity contribution in [2.75, 3.05) is 19.0 Å². The molecule has 70 valence electrons. The Morgan fingerprint density at radius 1 is 1.46 bits per heavy atom. The van der Waals surface area contributed by atoms with Gasteiger partial charge in [-0.1, -0.05) is 13.2 Å². The molecule has 0 saturated carbocycles. The highest BCUT2D eigenvalue weighted by molar-refractivity contribution is 5.63. The van der Waals surface area contributed by atoms with Crippen LogP contribution in [0.15, 0.2) is 25.1 Å². The van der Waals surface area contributed by atoms with E-state index in [4.69, 9.17) is 0 Å². The highest BCUT2D eigenvalue weighted by Gasteiger charge is 2.08. The molecule has 0 N–H and O–H groups in total. The summed E-state index contributed by atoms with van der Waals surface area (Å²) in [5.41, 5.74) is 1.72. The zero-order valence-corrected chi connectivity index (χ0v) is 8.28. The van der Waals surface area contributed by atoms with Gasteiger partial charge in [-0.05, 0) is 12.5 Å². The summed E-state index contributed by atoms with van der Waals surface area (Å²) in [6.07, 6.45) is 1.63. The molecule has 0 aliphatic heterocycles. The largest absolute Gasteiger partial charge is 0.347 e. The maximum atomic E-state index is 3.96. The first-order valence-corrected chi connectivity index (χ1v) is 3.96. The van der Waals surface area contributed by atoms with Crippen LogP contribution in [-0.4, -0.2) is 28.9 Å². The van der Waals surface area contributed by atoms with Gasteiger partial charge in [0.2, 0.25) is 5.95 Å². The molecule has 4 heteroatoms. The van der Waals surface area contributed by atoms with Crippen molar-refractivity contribution in [3.63, 3.8) is 0 Å². The number of hydrogen-bond acceptors (Lipinski definition) is 3. The lowest BCUT2D eigenvalue weighted by Gasteiger charge is -2.14. The average Bonchev–Trinajstić information content (AvgIpc) is 2.50. The van der Waals surface area contributed by atoms with Crippen LogP contribution < -0.4 is 4.90 Å². The van der Waals surface area contributed by atoms with E-state index in [0.29, 0.717) is 0 Å². The van der Waals surface area contributed by atoms with Crippen molar-refractivity contribution in [2.24, 2.45) is 0 Å². The Labute approximate surface area is 78.2 Å². The Morgan fingerprint density at radius 2 is 2.08 bits per heavy atom. The minimum Gasteiger partial charge on any atom is -0.347 e. The molecule has 0 atom stereocenters. The molecule has 0 aliphatic rings. The molecule has 4 nitrogen and oxygen atoms in total. The number of hydrogen-bond donors (Lipinski definition) is 0. The fourth-order valence-corrected chi connectivity index (χ4v) is 0.930. The molecule has 0 unspecified atom stereocenters. The van der Waals surface area contributed by atoms with Crippen LogP contribution in [0.5, 0.6) is 0 Å². The van der Waals surface area contributed by atoms with E-state index in [1.54, 1.807) is 6.33 Å². The van der Waals surface area contributed by atoms with Crippen LogP contribution in [0.3, 0.4) is 0 Å². The van der Waals surface area contributed by atoms with E-state index in [1.165, 1.54) is 0 Å². The molecular weight excluding hydrogens is 164 g/mol. The molecular formula is C9H14N4. The van der Waals surface area contributed by atoms with E-state index in [0.717, 1.165) is 17.2 Å². The summed E-state index contributed by atoms with van der Waals surface area (Å²) in [7, 11) is 3.82. The van der Waals surface area contributed by atoms with Gasteiger partial charge in [-0.2, -0.15) is 0 Å². The Kier molecular flexibility index (Phi) is 2.51. The molecule has 1 aromatic heterocycles. The predicted molar refractivity (Wildman–Crippen MR) is 54.5 cm³/mol. The summed E-state index contributed by atoms with van der Waals surface area (Å²) in [6.45, 7) is 9.62. The summed E-state index contributed by atoms with van der Waals surface area (Å²) < 4.78 is 1.81. The molecule has 13 heavy (non-hydrogen) atoms. The second kappa shape index (κ2) is 3.43.